The lowest BCUT2D eigenvalue weighted by atomic mass is 9.90. The molecule has 2 aromatic heterocycles. The molecule has 3 heterocycles. The van der Waals surface area contributed by atoms with Crippen LogP contribution in [0.25, 0.3) is 5.78 Å². The molecule has 5 heteroatoms. The Balaban J connectivity index is 1.90. The SMILES string of the molecule is c1ccc2c(c1)NCCC2c1nnc2ncccn12. The lowest BCUT2D eigenvalue weighted by Gasteiger charge is -2.25. The molecule has 0 saturated heterocycles. The van der Waals surface area contributed by atoms with Crippen LogP contribution in [0.5, 0.6) is 0 Å². The average Bonchev–Trinajstić information content (AvgIpc) is 2.90. The fourth-order valence-corrected chi connectivity index (χ4v) is 2.73. The van der Waals surface area contributed by atoms with Crippen molar-refractivity contribution < 1.29 is 0 Å². The molecule has 1 aromatic carbocycles. The quantitative estimate of drug-likeness (QED) is 0.719. The van der Waals surface area contributed by atoms with Crippen LogP contribution in [-0.4, -0.2) is 26.1 Å². The molecule has 0 bridgehead atoms. The van der Waals surface area contributed by atoms with Gasteiger partial charge in [0.15, 0.2) is 0 Å². The molecular formula is C14H13N5. The summed E-state index contributed by atoms with van der Waals surface area (Å²) in [5.74, 6) is 1.90. The number of aromatic nitrogens is 4. The Morgan fingerprint density at radius 3 is 3.11 bits per heavy atom. The minimum absolute atomic E-state index is 0.275. The zero-order chi connectivity index (χ0) is 12.7. The summed E-state index contributed by atoms with van der Waals surface area (Å²) in [6.07, 6.45) is 4.74. The number of para-hydroxylation sites is 1. The molecule has 0 fully saturated rings. The fraction of sp³-hybridized carbons (Fsp3) is 0.214. The number of anilines is 1. The Hall–Kier alpha value is -2.43. The molecule has 94 valence electrons. The third-order valence-electron chi connectivity index (χ3n) is 3.61. The first-order chi connectivity index (χ1) is 9.43. The monoisotopic (exact) mass is 251 g/mol. The maximum atomic E-state index is 4.34. The zero-order valence-electron chi connectivity index (χ0n) is 10.3. The van der Waals surface area contributed by atoms with E-state index in [1.54, 1.807) is 6.20 Å². The third-order valence-corrected chi connectivity index (χ3v) is 3.61. The van der Waals surface area contributed by atoms with Gasteiger partial charge in [0.05, 0.1) is 0 Å². The Morgan fingerprint density at radius 1 is 1.16 bits per heavy atom. The molecule has 1 N–H and O–H groups in total. The highest BCUT2D eigenvalue weighted by molar-refractivity contribution is 5.56. The van der Waals surface area contributed by atoms with Crippen LogP contribution in [0.15, 0.2) is 42.7 Å². The third kappa shape index (κ3) is 1.58. The Morgan fingerprint density at radius 2 is 2.11 bits per heavy atom. The van der Waals surface area contributed by atoms with Gasteiger partial charge in [-0.15, -0.1) is 10.2 Å². The first-order valence-electron chi connectivity index (χ1n) is 6.42. The van der Waals surface area contributed by atoms with Crippen LogP contribution < -0.4 is 5.32 Å². The van der Waals surface area contributed by atoms with E-state index in [0.717, 1.165) is 18.8 Å². The molecular weight excluding hydrogens is 238 g/mol. The summed E-state index contributed by atoms with van der Waals surface area (Å²) in [4.78, 5) is 4.23. The minimum Gasteiger partial charge on any atom is -0.385 e. The molecule has 0 saturated carbocycles. The van der Waals surface area contributed by atoms with Crippen LogP contribution in [-0.2, 0) is 0 Å². The van der Waals surface area contributed by atoms with E-state index in [1.807, 2.05) is 16.7 Å². The van der Waals surface area contributed by atoms with Gasteiger partial charge in [0, 0.05) is 30.5 Å². The van der Waals surface area contributed by atoms with Crippen LogP contribution in [0.3, 0.4) is 0 Å². The smallest absolute Gasteiger partial charge is 0.254 e. The van der Waals surface area contributed by atoms with Gasteiger partial charge in [-0.05, 0) is 24.1 Å². The van der Waals surface area contributed by atoms with Crippen LogP contribution >= 0.6 is 0 Å². The van der Waals surface area contributed by atoms with E-state index in [1.165, 1.54) is 11.3 Å². The Labute approximate surface area is 110 Å². The van der Waals surface area contributed by atoms with Crippen molar-refractivity contribution in [3.05, 3.63) is 54.1 Å². The minimum atomic E-state index is 0.275. The molecule has 1 aliphatic rings. The lowest BCUT2D eigenvalue weighted by Crippen LogP contribution is -2.19. The topological polar surface area (TPSA) is 55.1 Å². The van der Waals surface area contributed by atoms with Crippen LogP contribution in [0.2, 0.25) is 0 Å². The predicted molar refractivity (Wildman–Crippen MR) is 72.2 cm³/mol. The van der Waals surface area contributed by atoms with E-state index in [9.17, 15) is 0 Å². The highest BCUT2D eigenvalue weighted by Gasteiger charge is 2.25. The van der Waals surface area contributed by atoms with E-state index < -0.39 is 0 Å². The van der Waals surface area contributed by atoms with Crippen molar-refractivity contribution in [2.75, 3.05) is 11.9 Å². The second-order valence-corrected chi connectivity index (χ2v) is 4.70. The number of nitrogens with one attached hydrogen (secondary N) is 1. The van der Waals surface area contributed by atoms with Crippen molar-refractivity contribution in [3.63, 3.8) is 0 Å². The highest BCUT2D eigenvalue weighted by atomic mass is 15.3. The Bertz CT molecular complexity index is 733. The standard InChI is InChI=1S/C14H13N5/c1-2-5-12-10(4-1)11(6-8-15-12)13-17-18-14-16-7-3-9-19(13)14/h1-5,7,9,11,15H,6,8H2. The van der Waals surface area contributed by atoms with Crippen molar-refractivity contribution >= 4 is 11.5 Å². The molecule has 0 spiro atoms. The predicted octanol–water partition coefficient (Wildman–Crippen LogP) is 2.07. The molecule has 0 aliphatic carbocycles. The summed E-state index contributed by atoms with van der Waals surface area (Å²) in [5, 5.41) is 11.9. The maximum Gasteiger partial charge on any atom is 0.254 e. The lowest BCUT2D eigenvalue weighted by molar-refractivity contribution is 0.666. The van der Waals surface area contributed by atoms with Crippen molar-refractivity contribution in [2.24, 2.45) is 0 Å². The molecule has 0 radical (unpaired) electrons. The number of benzene rings is 1. The van der Waals surface area contributed by atoms with Crippen molar-refractivity contribution in [1.82, 2.24) is 19.6 Å². The number of fused-ring (bicyclic) bond motifs is 2. The maximum absolute atomic E-state index is 4.34. The number of hydrogen-bond donors (Lipinski definition) is 1. The average molecular weight is 251 g/mol. The number of hydrogen-bond acceptors (Lipinski definition) is 4. The van der Waals surface area contributed by atoms with Crippen LogP contribution in [0.1, 0.15) is 23.7 Å². The first kappa shape index (κ1) is 10.5. The van der Waals surface area contributed by atoms with Gasteiger partial charge in [0.2, 0.25) is 0 Å². The largest absolute Gasteiger partial charge is 0.385 e. The van der Waals surface area contributed by atoms with Gasteiger partial charge in [-0.3, -0.25) is 4.40 Å². The van der Waals surface area contributed by atoms with E-state index in [0.29, 0.717) is 5.78 Å². The summed E-state index contributed by atoms with van der Waals surface area (Å²) in [6, 6.07) is 10.3. The van der Waals surface area contributed by atoms with E-state index >= 15 is 0 Å². The highest BCUT2D eigenvalue weighted by Crippen LogP contribution is 2.35. The number of rotatable bonds is 1. The van der Waals surface area contributed by atoms with Gasteiger partial charge in [-0.25, -0.2) is 4.98 Å². The first-order valence-corrected chi connectivity index (χ1v) is 6.42. The molecule has 1 atom stereocenters. The number of nitrogens with zero attached hydrogens (tertiary/aromatic N) is 4. The Kier molecular flexibility index (Phi) is 2.24. The van der Waals surface area contributed by atoms with Gasteiger partial charge < -0.3 is 5.32 Å². The van der Waals surface area contributed by atoms with Crippen molar-refractivity contribution in [2.45, 2.75) is 12.3 Å². The summed E-state index contributed by atoms with van der Waals surface area (Å²) in [5.41, 5.74) is 2.48. The van der Waals surface area contributed by atoms with Gasteiger partial charge in [0.25, 0.3) is 5.78 Å². The second-order valence-electron chi connectivity index (χ2n) is 4.70. The second kappa shape index (κ2) is 4.05. The molecule has 4 rings (SSSR count). The van der Waals surface area contributed by atoms with Gasteiger partial charge in [-0.1, -0.05) is 18.2 Å². The zero-order valence-corrected chi connectivity index (χ0v) is 10.3. The molecule has 19 heavy (non-hydrogen) atoms. The van der Waals surface area contributed by atoms with E-state index in [4.69, 9.17) is 0 Å². The molecule has 3 aromatic rings. The van der Waals surface area contributed by atoms with Crippen molar-refractivity contribution in [3.8, 4) is 0 Å². The van der Waals surface area contributed by atoms with Gasteiger partial charge in [-0.2, -0.15) is 0 Å². The normalized spacial score (nSPS) is 18.0. The molecule has 1 unspecified atom stereocenters. The summed E-state index contributed by atoms with van der Waals surface area (Å²) in [7, 11) is 0. The molecule has 5 nitrogen and oxygen atoms in total. The van der Waals surface area contributed by atoms with Crippen LogP contribution in [0.4, 0.5) is 5.69 Å². The molecule has 1 aliphatic heterocycles. The van der Waals surface area contributed by atoms with E-state index in [2.05, 4.69) is 44.8 Å². The summed E-state index contributed by atoms with van der Waals surface area (Å²) in [6.45, 7) is 0.955. The van der Waals surface area contributed by atoms with E-state index in [-0.39, 0.29) is 5.92 Å². The van der Waals surface area contributed by atoms with Crippen molar-refractivity contribution in [1.29, 1.82) is 0 Å². The van der Waals surface area contributed by atoms with Crippen LogP contribution in [0, 0.1) is 0 Å². The van der Waals surface area contributed by atoms with Gasteiger partial charge >= 0.3 is 0 Å². The fourth-order valence-electron chi connectivity index (χ4n) is 2.73. The van der Waals surface area contributed by atoms with Gasteiger partial charge in [0.1, 0.15) is 5.82 Å². The summed E-state index contributed by atoms with van der Waals surface area (Å²) >= 11 is 0. The summed E-state index contributed by atoms with van der Waals surface area (Å²) < 4.78 is 1.98. The molecule has 0 amide bonds.